The van der Waals surface area contributed by atoms with Crippen LogP contribution in [0.4, 0.5) is 17.1 Å². The molecule has 0 radical (unpaired) electrons. The quantitative estimate of drug-likeness (QED) is 0.145. The fourth-order valence-electron chi connectivity index (χ4n) is 9.53. The molecule has 0 aliphatic carbocycles. The molecule has 0 atom stereocenters. The second-order valence-electron chi connectivity index (χ2n) is 16.0. The number of benzene rings is 11. The van der Waals surface area contributed by atoms with E-state index in [9.17, 15) is 0 Å². The van der Waals surface area contributed by atoms with Crippen molar-refractivity contribution in [3.8, 4) is 44.5 Å². The van der Waals surface area contributed by atoms with Gasteiger partial charge in [0.1, 0.15) is 0 Å². The van der Waals surface area contributed by atoms with Gasteiger partial charge in [-0.3, -0.25) is 0 Å². The van der Waals surface area contributed by atoms with Crippen LogP contribution in [-0.4, -0.2) is 0 Å². The molecule has 12 rings (SSSR count). The van der Waals surface area contributed by atoms with Crippen LogP contribution < -0.4 is 4.90 Å². The average molecular weight is 806 g/mol. The number of rotatable bonds is 7. The summed E-state index contributed by atoms with van der Waals surface area (Å²) in [6.45, 7) is 0. The summed E-state index contributed by atoms with van der Waals surface area (Å²) in [5.74, 6) is 0. The van der Waals surface area contributed by atoms with Crippen LogP contribution in [-0.2, 0) is 0 Å². The van der Waals surface area contributed by atoms with Gasteiger partial charge in [0.25, 0.3) is 0 Å². The molecule has 1 nitrogen and oxygen atoms in total. The van der Waals surface area contributed by atoms with Gasteiger partial charge in [-0.1, -0.05) is 188 Å². The summed E-state index contributed by atoms with van der Waals surface area (Å²) in [7, 11) is 0. The van der Waals surface area contributed by atoms with Crippen LogP contribution in [0, 0.1) is 0 Å². The Morgan fingerprint density at radius 1 is 0.274 bits per heavy atom. The Labute approximate surface area is 365 Å². The van der Waals surface area contributed by atoms with Crippen LogP contribution in [0.2, 0.25) is 0 Å². The molecular weight excluding hydrogens is 767 g/mol. The summed E-state index contributed by atoms with van der Waals surface area (Å²) in [4.78, 5) is 2.45. The van der Waals surface area contributed by atoms with Gasteiger partial charge in [0, 0.05) is 37.1 Å². The zero-order valence-electron chi connectivity index (χ0n) is 33.9. The zero-order valence-corrected chi connectivity index (χ0v) is 34.7. The maximum absolute atomic E-state index is 2.45. The van der Waals surface area contributed by atoms with E-state index < -0.39 is 0 Å². The lowest BCUT2D eigenvalue weighted by Crippen LogP contribution is -2.11. The first-order chi connectivity index (χ1) is 30.7. The lowest BCUT2D eigenvalue weighted by Gasteiger charge is -2.28. The first kappa shape index (κ1) is 36.1. The lowest BCUT2D eigenvalue weighted by molar-refractivity contribution is 1.29. The Morgan fingerprint density at radius 3 is 1.61 bits per heavy atom. The molecule has 2 heteroatoms. The molecule has 62 heavy (non-hydrogen) atoms. The molecule has 1 heterocycles. The van der Waals surface area contributed by atoms with Gasteiger partial charge in [-0.25, -0.2) is 0 Å². The van der Waals surface area contributed by atoms with Crippen LogP contribution in [0.3, 0.4) is 0 Å². The molecule has 11 aromatic carbocycles. The molecule has 0 spiro atoms. The molecule has 0 fully saturated rings. The van der Waals surface area contributed by atoms with Crippen molar-refractivity contribution in [3.63, 3.8) is 0 Å². The van der Waals surface area contributed by atoms with Crippen molar-refractivity contribution in [1.82, 2.24) is 0 Å². The third-order valence-corrected chi connectivity index (χ3v) is 13.6. The summed E-state index contributed by atoms with van der Waals surface area (Å²) in [5, 5.41) is 10.1. The Hall–Kier alpha value is -7.78. The van der Waals surface area contributed by atoms with Gasteiger partial charge in [-0.2, -0.15) is 0 Å². The summed E-state index contributed by atoms with van der Waals surface area (Å²) >= 11 is 1.86. The van der Waals surface area contributed by atoms with Crippen LogP contribution in [0.15, 0.2) is 237 Å². The van der Waals surface area contributed by atoms with Gasteiger partial charge in [-0.15, -0.1) is 11.3 Å². The highest BCUT2D eigenvalue weighted by Crippen LogP contribution is 2.48. The van der Waals surface area contributed by atoms with Gasteiger partial charge < -0.3 is 4.90 Å². The minimum atomic E-state index is 1.10. The summed E-state index contributed by atoms with van der Waals surface area (Å²) in [5.41, 5.74) is 13.0. The Morgan fingerprint density at radius 2 is 0.823 bits per heavy atom. The minimum absolute atomic E-state index is 1.10. The van der Waals surface area contributed by atoms with Crippen molar-refractivity contribution in [2.45, 2.75) is 0 Å². The van der Waals surface area contributed by atoms with Crippen molar-refractivity contribution in [1.29, 1.82) is 0 Å². The number of hydrogen-bond acceptors (Lipinski definition) is 2. The van der Waals surface area contributed by atoms with Crippen LogP contribution in [0.25, 0.3) is 97.0 Å². The van der Waals surface area contributed by atoms with Crippen LogP contribution in [0.1, 0.15) is 0 Å². The van der Waals surface area contributed by atoms with Crippen molar-refractivity contribution < 1.29 is 0 Å². The second kappa shape index (κ2) is 15.0. The molecule has 0 amide bonds. The summed E-state index contributed by atoms with van der Waals surface area (Å²) < 4.78 is 2.58. The molecule has 0 bridgehead atoms. The average Bonchev–Trinajstić information content (AvgIpc) is 3.72. The highest BCUT2D eigenvalue weighted by Gasteiger charge is 2.22. The highest BCUT2D eigenvalue weighted by atomic mass is 32.1. The van der Waals surface area contributed by atoms with Gasteiger partial charge in [0.15, 0.2) is 0 Å². The van der Waals surface area contributed by atoms with E-state index in [1.54, 1.807) is 0 Å². The summed E-state index contributed by atoms with van der Waals surface area (Å²) in [6, 6.07) is 86.9. The number of thiophene rings is 1. The van der Waals surface area contributed by atoms with E-state index in [0.717, 1.165) is 22.6 Å². The normalized spacial score (nSPS) is 11.5. The van der Waals surface area contributed by atoms with Crippen LogP contribution >= 0.6 is 11.3 Å². The highest BCUT2D eigenvalue weighted by molar-refractivity contribution is 7.25. The third kappa shape index (κ3) is 6.15. The van der Waals surface area contributed by atoms with E-state index in [4.69, 9.17) is 0 Å². The smallest absolute Gasteiger partial charge is 0.0540 e. The van der Waals surface area contributed by atoms with Crippen LogP contribution in [0.5, 0.6) is 0 Å². The number of fused-ring (bicyclic) bond motifs is 7. The Bertz CT molecular complexity index is 3620. The predicted molar refractivity (Wildman–Crippen MR) is 268 cm³/mol. The van der Waals surface area contributed by atoms with E-state index in [1.807, 2.05) is 11.3 Å². The van der Waals surface area contributed by atoms with Gasteiger partial charge in [0.05, 0.1) is 5.69 Å². The third-order valence-electron chi connectivity index (χ3n) is 12.4. The molecule has 0 unspecified atom stereocenters. The van der Waals surface area contributed by atoms with E-state index >= 15 is 0 Å². The molecule has 0 aliphatic rings. The number of anilines is 3. The first-order valence-corrected chi connectivity index (χ1v) is 22.1. The molecule has 1 aromatic heterocycles. The standard InChI is InChI=1S/C60H39NS/c1-3-16-42(17-4-1)59-54-24-10-9-22-50(54)51-35-31-46(38-55(51)60(59)43-18-5-2-6-19-43)49-21-11-13-25-56(49)61(48-34-36-53-52-23-12-14-26-57(52)62-58(53)39-48)47-32-29-41(30-33-47)45-28-27-40-15-7-8-20-44(40)37-45/h1-39H. The topological polar surface area (TPSA) is 3.24 Å². The molecule has 0 aliphatic heterocycles. The predicted octanol–water partition coefficient (Wildman–Crippen LogP) is 17.7. The molecular formula is C60H39NS. The fraction of sp³-hybridized carbons (Fsp3) is 0. The maximum Gasteiger partial charge on any atom is 0.0540 e. The van der Waals surface area contributed by atoms with Crippen molar-refractivity contribution >= 4 is 80.9 Å². The Kier molecular flexibility index (Phi) is 8.76. The molecule has 0 saturated carbocycles. The molecule has 290 valence electrons. The molecule has 12 aromatic rings. The number of para-hydroxylation sites is 1. The monoisotopic (exact) mass is 805 g/mol. The first-order valence-electron chi connectivity index (χ1n) is 21.2. The SMILES string of the molecule is c1ccc(-c2c(-c3ccccc3)c3cc(-c4ccccc4N(c4ccc(-c5ccc6ccccc6c5)cc4)c4ccc5c(c4)sc4ccccc45)ccc3c3ccccc23)cc1. The van der Waals surface area contributed by atoms with E-state index in [1.165, 1.54) is 91.4 Å². The number of hydrogen-bond donors (Lipinski definition) is 0. The Balaban J connectivity index is 1.07. The van der Waals surface area contributed by atoms with Gasteiger partial charge in [-0.05, 0) is 120 Å². The zero-order chi connectivity index (χ0) is 41.0. The van der Waals surface area contributed by atoms with Gasteiger partial charge >= 0.3 is 0 Å². The van der Waals surface area contributed by atoms with Crippen molar-refractivity contribution in [3.05, 3.63) is 237 Å². The fourth-order valence-corrected chi connectivity index (χ4v) is 10.7. The number of nitrogens with zero attached hydrogens (tertiary/aromatic N) is 1. The van der Waals surface area contributed by atoms with E-state index in [-0.39, 0.29) is 0 Å². The lowest BCUT2D eigenvalue weighted by atomic mass is 9.84. The van der Waals surface area contributed by atoms with E-state index in [0.29, 0.717) is 0 Å². The van der Waals surface area contributed by atoms with Gasteiger partial charge in [0.2, 0.25) is 0 Å². The largest absolute Gasteiger partial charge is 0.310 e. The summed E-state index contributed by atoms with van der Waals surface area (Å²) in [6.07, 6.45) is 0. The molecule has 0 saturated heterocycles. The second-order valence-corrected chi connectivity index (χ2v) is 17.1. The van der Waals surface area contributed by atoms with Crippen molar-refractivity contribution in [2.75, 3.05) is 4.90 Å². The van der Waals surface area contributed by atoms with Crippen molar-refractivity contribution in [2.24, 2.45) is 0 Å². The minimum Gasteiger partial charge on any atom is -0.310 e. The van der Waals surface area contributed by atoms with E-state index in [2.05, 4.69) is 241 Å². The molecule has 0 N–H and O–H groups in total. The maximum atomic E-state index is 2.45.